The second kappa shape index (κ2) is 10.1. The molecule has 2 saturated heterocycles. The lowest BCUT2D eigenvalue weighted by Gasteiger charge is -2.44. The zero-order valence-electron chi connectivity index (χ0n) is 20.2. The van der Waals surface area contributed by atoms with E-state index in [2.05, 4.69) is 9.88 Å². The monoisotopic (exact) mass is 449 g/mol. The molecule has 3 aliphatic rings. The summed E-state index contributed by atoms with van der Waals surface area (Å²) in [6.45, 7) is 1.46. The highest BCUT2D eigenvalue weighted by Crippen LogP contribution is 2.44. The highest BCUT2D eigenvalue weighted by atomic mass is 16.1. The largest absolute Gasteiger partial charge is 0.302 e. The summed E-state index contributed by atoms with van der Waals surface area (Å²) in [7, 11) is 0. The fourth-order valence-electron chi connectivity index (χ4n) is 7.00. The minimum absolute atomic E-state index is 0.0897. The lowest BCUT2D eigenvalue weighted by atomic mass is 9.91. The van der Waals surface area contributed by atoms with E-state index in [1.807, 2.05) is 28.8 Å². The molecule has 0 amide bonds. The maximum atomic E-state index is 13.4. The van der Waals surface area contributed by atoms with E-state index >= 15 is 0 Å². The molecule has 178 valence electrons. The number of rotatable bonds is 3. The van der Waals surface area contributed by atoms with Crippen LogP contribution in [0.3, 0.4) is 0 Å². The number of carbonyl (C=O) groups is 1. The van der Waals surface area contributed by atoms with Crippen LogP contribution in [0, 0.1) is 0 Å². The highest BCUT2D eigenvalue weighted by Gasteiger charge is 2.44. The van der Waals surface area contributed by atoms with Gasteiger partial charge in [-0.25, -0.2) is 4.98 Å². The number of aromatic nitrogens is 2. The van der Waals surface area contributed by atoms with Crippen LogP contribution in [0.2, 0.25) is 0 Å². The maximum Gasteiger partial charge on any atom is 0.280 e. The smallest absolute Gasteiger partial charge is 0.280 e. The summed E-state index contributed by atoms with van der Waals surface area (Å²) in [6, 6.07) is 9.80. The molecule has 3 fully saturated rings. The van der Waals surface area contributed by atoms with Gasteiger partial charge in [0.05, 0.1) is 11.0 Å². The molecule has 1 aromatic carbocycles. The van der Waals surface area contributed by atoms with Gasteiger partial charge >= 0.3 is 0 Å². The summed E-state index contributed by atoms with van der Waals surface area (Å²) >= 11 is 0. The van der Waals surface area contributed by atoms with Crippen LogP contribution in [-0.4, -0.2) is 38.4 Å². The topological polar surface area (TPSA) is 55.2 Å². The Morgan fingerprint density at radius 3 is 1.97 bits per heavy atom. The highest BCUT2D eigenvalue weighted by molar-refractivity contribution is 5.93. The quantitative estimate of drug-likeness (QED) is 0.535. The molecule has 1 saturated carbocycles. The van der Waals surface area contributed by atoms with Gasteiger partial charge in [-0.15, -0.1) is 0 Å². The molecular formula is C28H39N3O2. The van der Waals surface area contributed by atoms with Crippen molar-refractivity contribution in [3.8, 4) is 0 Å². The Hall–Kier alpha value is -2.01. The van der Waals surface area contributed by atoms with Crippen molar-refractivity contribution >= 4 is 16.8 Å². The van der Waals surface area contributed by atoms with Gasteiger partial charge in [0.1, 0.15) is 0 Å². The van der Waals surface area contributed by atoms with E-state index in [0.717, 1.165) is 23.9 Å². The van der Waals surface area contributed by atoms with Gasteiger partial charge in [0.2, 0.25) is 0 Å². The molecule has 1 aliphatic carbocycles. The Labute approximate surface area is 197 Å². The van der Waals surface area contributed by atoms with Crippen LogP contribution in [0.15, 0.2) is 29.1 Å². The molecule has 1 aromatic heterocycles. The second-order valence-electron chi connectivity index (χ2n) is 10.7. The molecule has 3 heterocycles. The minimum Gasteiger partial charge on any atom is -0.302 e. The Morgan fingerprint density at radius 2 is 1.36 bits per heavy atom. The molecule has 2 bridgehead atoms. The predicted octanol–water partition coefficient (Wildman–Crippen LogP) is 6.05. The Balaban J connectivity index is 1.41. The van der Waals surface area contributed by atoms with Gasteiger partial charge in [-0.2, -0.15) is 0 Å². The van der Waals surface area contributed by atoms with Crippen LogP contribution >= 0.6 is 0 Å². The molecule has 0 N–H and O–H groups in total. The summed E-state index contributed by atoms with van der Waals surface area (Å²) in [4.78, 5) is 32.9. The van der Waals surface area contributed by atoms with Crippen LogP contribution in [0.1, 0.15) is 113 Å². The van der Waals surface area contributed by atoms with Gasteiger partial charge in [0.15, 0.2) is 11.5 Å². The van der Waals surface area contributed by atoms with Crippen LogP contribution in [0.25, 0.3) is 11.0 Å². The van der Waals surface area contributed by atoms with Gasteiger partial charge < -0.3 is 4.57 Å². The first-order valence-corrected chi connectivity index (χ1v) is 13.4. The van der Waals surface area contributed by atoms with Gasteiger partial charge in [-0.05, 0) is 50.7 Å². The Kier molecular flexibility index (Phi) is 6.96. The Morgan fingerprint density at radius 1 is 0.788 bits per heavy atom. The van der Waals surface area contributed by atoms with Crippen LogP contribution in [0.4, 0.5) is 0 Å². The fraction of sp³-hybridized carbons (Fsp3) is 0.679. The Bertz CT molecular complexity index is 1020. The van der Waals surface area contributed by atoms with Crippen molar-refractivity contribution in [2.75, 3.05) is 0 Å². The van der Waals surface area contributed by atoms with Crippen LogP contribution in [0.5, 0.6) is 0 Å². The van der Waals surface area contributed by atoms with Crippen molar-refractivity contribution < 1.29 is 4.79 Å². The third-order valence-electron chi connectivity index (χ3n) is 8.50. The first kappa shape index (κ1) is 22.8. The molecule has 2 aliphatic heterocycles. The molecule has 2 aromatic rings. The van der Waals surface area contributed by atoms with E-state index in [0.29, 0.717) is 18.1 Å². The lowest BCUT2D eigenvalue weighted by molar-refractivity contribution is 0.0517. The molecule has 5 nitrogen and oxygen atoms in total. The number of para-hydroxylation sites is 2. The van der Waals surface area contributed by atoms with Crippen molar-refractivity contribution in [2.24, 2.45) is 0 Å². The number of benzene rings is 1. The molecule has 5 rings (SSSR count). The average Bonchev–Trinajstić information content (AvgIpc) is 3.04. The van der Waals surface area contributed by atoms with E-state index in [-0.39, 0.29) is 23.1 Å². The first-order chi connectivity index (χ1) is 16.1. The number of hydrogen-bond acceptors (Lipinski definition) is 4. The van der Waals surface area contributed by atoms with E-state index < -0.39 is 0 Å². The van der Waals surface area contributed by atoms with Gasteiger partial charge in [0, 0.05) is 31.1 Å². The molecule has 0 spiro atoms. The van der Waals surface area contributed by atoms with E-state index in [1.165, 1.54) is 84.0 Å². The summed E-state index contributed by atoms with van der Waals surface area (Å²) in [6.07, 6.45) is 18.3. The van der Waals surface area contributed by atoms with E-state index in [4.69, 9.17) is 0 Å². The molecule has 33 heavy (non-hydrogen) atoms. The van der Waals surface area contributed by atoms with Gasteiger partial charge in [-0.1, -0.05) is 63.5 Å². The number of carbonyl (C=O) groups excluding carboxylic acids is 1. The molecule has 5 heteroatoms. The first-order valence-electron chi connectivity index (χ1n) is 13.4. The summed E-state index contributed by atoms with van der Waals surface area (Å²) in [5.41, 5.74) is 1.52. The zero-order chi connectivity index (χ0) is 22.8. The predicted molar refractivity (Wildman–Crippen MR) is 133 cm³/mol. The van der Waals surface area contributed by atoms with Crippen molar-refractivity contribution in [3.63, 3.8) is 0 Å². The molecule has 3 atom stereocenters. The molecule has 0 unspecified atom stereocenters. The molecular weight excluding hydrogens is 410 g/mol. The van der Waals surface area contributed by atoms with Gasteiger partial charge in [-0.3, -0.25) is 14.5 Å². The lowest BCUT2D eigenvalue weighted by Crippen LogP contribution is -2.50. The average molecular weight is 450 g/mol. The summed E-state index contributed by atoms with van der Waals surface area (Å²) < 4.78 is 1.93. The number of fused-ring (bicyclic) bond motifs is 3. The van der Waals surface area contributed by atoms with Crippen LogP contribution in [-0.2, 0) is 0 Å². The SMILES string of the molecule is CC(=O)c1nc2ccccc2n([C@H]2C[C@H]3CC[C@@H](C2)N3C2CCCCCCCCCC2)c1=O. The number of piperidine rings is 1. The van der Waals surface area contributed by atoms with E-state index in [1.54, 1.807) is 0 Å². The third-order valence-corrected chi connectivity index (χ3v) is 8.50. The molecule has 0 radical (unpaired) electrons. The van der Waals surface area contributed by atoms with Crippen molar-refractivity contribution in [2.45, 2.75) is 121 Å². The van der Waals surface area contributed by atoms with Crippen molar-refractivity contribution in [1.82, 2.24) is 14.5 Å². The number of ketones is 1. The van der Waals surface area contributed by atoms with Crippen molar-refractivity contribution in [1.29, 1.82) is 0 Å². The fourth-order valence-corrected chi connectivity index (χ4v) is 7.00. The normalized spacial score (nSPS) is 28.0. The number of nitrogens with zero attached hydrogens (tertiary/aromatic N) is 3. The number of hydrogen-bond donors (Lipinski definition) is 0. The third kappa shape index (κ3) is 4.66. The minimum atomic E-state index is -0.239. The van der Waals surface area contributed by atoms with Gasteiger partial charge in [0.25, 0.3) is 5.56 Å². The second-order valence-corrected chi connectivity index (χ2v) is 10.7. The summed E-state index contributed by atoms with van der Waals surface area (Å²) in [5, 5.41) is 0. The van der Waals surface area contributed by atoms with Crippen LogP contribution < -0.4 is 5.56 Å². The standard InChI is InChI=1S/C28H39N3O2/c1-20(32)27-28(33)31(26-15-11-10-14-25(26)29-27)24-18-22-16-17-23(19-24)30(22)21-12-8-6-4-2-3-5-7-9-13-21/h10-11,14-15,21-24H,2-9,12-13,16-19H2,1H3/t22-,23+,24+. The summed E-state index contributed by atoms with van der Waals surface area (Å²) in [5.74, 6) is -0.239. The van der Waals surface area contributed by atoms with Crippen molar-refractivity contribution in [3.05, 3.63) is 40.3 Å². The van der Waals surface area contributed by atoms with E-state index in [9.17, 15) is 9.59 Å². The number of Topliss-reactive ketones (excluding diaryl/α,β-unsaturated/α-hetero) is 1. The zero-order valence-corrected chi connectivity index (χ0v) is 20.2. The maximum absolute atomic E-state index is 13.4.